The predicted octanol–water partition coefficient (Wildman–Crippen LogP) is 1.88. The Kier molecular flexibility index (Phi) is 4.74. The van der Waals surface area contributed by atoms with Crippen LogP contribution in [-0.4, -0.2) is 60.7 Å². The number of hydrogen-bond donors (Lipinski definition) is 2. The number of carbonyl (C=O) groups is 1. The van der Waals surface area contributed by atoms with Gasteiger partial charge in [-0.15, -0.1) is 0 Å². The molecule has 5 rings (SSSR count). The zero-order valence-electron chi connectivity index (χ0n) is 17.3. The molecule has 31 heavy (non-hydrogen) atoms. The second-order valence-electron chi connectivity index (χ2n) is 8.16. The number of anilines is 1. The quantitative estimate of drug-likeness (QED) is 0.650. The molecule has 0 saturated carbocycles. The molecule has 10 nitrogen and oxygen atoms in total. The molecule has 5 atom stereocenters. The number of fused-ring (bicyclic) bond motifs is 2. The minimum Gasteiger partial charge on any atom is -0.391 e. The summed E-state index contributed by atoms with van der Waals surface area (Å²) < 4.78 is 19.9. The summed E-state index contributed by atoms with van der Waals surface area (Å²) >= 11 is 0. The number of imidazole rings is 1. The van der Waals surface area contributed by atoms with E-state index in [9.17, 15) is 9.90 Å². The molecule has 2 fully saturated rings. The number of nitrogens with one attached hydrogen (secondary N) is 1. The fraction of sp³-hybridized carbons (Fsp3) is 0.429. The van der Waals surface area contributed by atoms with Crippen LogP contribution in [0.15, 0.2) is 43.0 Å². The molecule has 2 aliphatic heterocycles. The van der Waals surface area contributed by atoms with Crippen molar-refractivity contribution in [1.29, 1.82) is 0 Å². The van der Waals surface area contributed by atoms with Gasteiger partial charge in [0.05, 0.1) is 12.4 Å². The van der Waals surface area contributed by atoms with Gasteiger partial charge in [0.25, 0.3) is 5.91 Å². The fourth-order valence-electron chi connectivity index (χ4n) is 4.12. The number of nitrogens with zero attached hydrogens (tertiary/aromatic N) is 4. The summed E-state index contributed by atoms with van der Waals surface area (Å²) in [4.78, 5) is 25.5. The summed E-state index contributed by atoms with van der Waals surface area (Å²) in [7, 11) is 0. The van der Waals surface area contributed by atoms with Crippen LogP contribution in [0.1, 0.15) is 37.4 Å². The van der Waals surface area contributed by atoms with E-state index in [0.717, 1.165) is 0 Å². The number of aromatic nitrogens is 4. The molecule has 162 valence electrons. The number of carbonyl (C=O) groups excluding carboxylic acids is 1. The number of hydrogen-bond acceptors (Lipinski definition) is 8. The van der Waals surface area contributed by atoms with Crippen LogP contribution in [0.3, 0.4) is 0 Å². The van der Waals surface area contributed by atoms with Crippen molar-refractivity contribution in [2.45, 2.75) is 57.2 Å². The molecule has 2 aromatic heterocycles. The van der Waals surface area contributed by atoms with Gasteiger partial charge in [0.1, 0.15) is 24.6 Å². The molecule has 2 saturated heterocycles. The lowest BCUT2D eigenvalue weighted by Gasteiger charge is -2.25. The lowest BCUT2D eigenvalue weighted by molar-refractivity contribution is -0.205. The normalized spacial score (nSPS) is 27.9. The molecule has 1 amide bonds. The minimum atomic E-state index is -0.801. The Morgan fingerprint density at radius 2 is 1.90 bits per heavy atom. The fourth-order valence-corrected chi connectivity index (χ4v) is 4.12. The first-order valence-electron chi connectivity index (χ1n) is 10.1. The lowest BCUT2D eigenvalue weighted by Crippen LogP contribution is -2.36. The zero-order valence-corrected chi connectivity index (χ0v) is 17.3. The summed E-state index contributed by atoms with van der Waals surface area (Å²) in [5, 5.41) is 13.0. The van der Waals surface area contributed by atoms with Crippen molar-refractivity contribution in [1.82, 2.24) is 19.5 Å². The molecule has 0 bridgehead atoms. The average molecular weight is 425 g/mol. The van der Waals surface area contributed by atoms with E-state index in [1.165, 1.54) is 6.33 Å². The third-order valence-electron chi connectivity index (χ3n) is 5.44. The Morgan fingerprint density at radius 3 is 2.65 bits per heavy atom. The maximum atomic E-state index is 12.6. The molecule has 10 heteroatoms. The third-order valence-corrected chi connectivity index (χ3v) is 5.44. The van der Waals surface area contributed by atoms with E-state index in [1.54, 1.807) is 42.1 Å². The van der Waals surface area contributed by atoms with Crippen LogP contribution in [-0.2, 0) is 14.2 Å². The molecule has 3 aromatic rings. The standard InChI is InChI=1S/C21H23N5O5/c1-11(27)14-15-16(31-21(2,3)30-15)20(29-14)26-10-24-13-17(22-9-23-18(13)26)25-19(28)12-7-5-4-6-8-12/h4-11,14-16,20,27H,1-3H3,(H,22,23,25,28)/t11-,14+,15+,16+,20+/m0/s1. The molecule has 2 N–H and O–H groups in total. The van der Waals surface area contributed by atoms with Gasteiger partial charge in [-0.1, -0.05) is 18.2 Å². The van der Waals surface area contributed by atoms with Gasteiger partial charge in [-0.25, -0.2) is 15.0 Å². The molecule has 2 aliphatic rings. The highest BCUT2D eigenvalue weighted by atomic mass is 16.8. The van der Waals surface area contributed by atoms with E-state index in [4.69, 9.17) is 14.2 Å². The maximum absolute atomic E-state index is 12.6. The Bertz CT molecular complexity index is 1120. The smallest absolute Gasteiger partial charge is 0.256 e. The summed E-state index contributed by atoms with van der Waals surface area (Å²) in [6.07, 6.45) is 0.117. The zero-order chi connectivity index (χ0) is 21.8. The van der Waals surface area contributed by atoms with E-state index in [-0.39, 0.29) is 5.91 Å². The third kappa shape index (κ3) is 3.47. The van der Waals surface area contributed by atoms with Crippen LogP contribution < -0.4 is 5.32 Å². The predicted molar refractivity (Wildman–Crippen MR) is 109 cm³/mol. The van der Waals surface area contributed by atoms with Gasteiger partial charge < -0.3 is 24.6 Å². The van der Waals surface area contributed by atoms with Crippen LogP contribution in [0.5, 0.6) is 0 Å². The second kappa shape index (κ2) is 7.34. The highest BCUT2D eigenvalue weighted by molar-refractivity contribution is 6.06. The van der Waals surface area contributed by atoms with E-state index in [2.05, 4.69) is 20.3 Å². The van der Waals surface area contributed by atoms with Gasteiger partial charge in [0.15, 0.2) is 29.0 Å². The molecule has 0 aliphatic carbocycles. The molecular weight excluding hydrogens is 402 g/mol. The molecule has 0 radical (unpaired) electrons. The van der Waals surface area contributed by atoms with Gasteiger partial charge >= 0.3 is 0 Å². The van der Waals surface area contributed by atoms with Gasteiger partial charge in [0.2, 0.25) is 0 Å². The van der Waals surface area contributed by atoms with Crippen molar-refractivity contribution in [3.63, 3.8) is 0 Å². The van der Waals surface area contributed by atoms with Crippen molar-refractivity contribution in [2.24, 2.45) is 0 Å². The largest absolute Gasteiger partial charge is 0.391 e. The van der Waals surface area contributed by atoms with Crippen molar-refractivity contribution < 1.29 is 24.1 Å². The SMILES string of the molecule is C[C@H](O)[C@H]1O[C@@H](n2cnc3c(NC(=O)c4ccccc4)ncnc32)[C@@H]2OC(C)(C)O[C@@H]21. The Balaban J connectivity index is 1.48. The number of rotatable bonds is 4. The minimum absolute atomic E-state index is 0.295. The van der Waals surface area contributed by atoms with Crippen LogP contribution in [0.4, 0.5) is 5.82 Å². The van der Waals surface area contributed by atoms with Crippen LogP contribution in [0.2, 0.25) is 0 Å². The first-order valence-corrected chi connectivity index (χ1v) is 10.1. The Labute approximate surface area is 178 Å². The molecule has 0 unspecified atom stereocenters. The van der Waals surface area contributed by atoms with E-state index < -0.39 is 36.4 Å². The summed E-state index contributed by atoms with van der Waals surface area (Å²) in [5.74, 6) is -0.802. The van der Waals surface area contributed by atoms with Crippen molar-refractivity contribution in [3.8, 4) is 0 Å². The van der Waals surface area contributed by atoms with Gasteiger partial charge in [0, 0.05) is 5.56 Å². The number of aliphatic hydroxyl groups excluding tert-OH is 1. The Morgan fingerprint density at radius 1 is 1.16 bits per heavy atom. The van der Waals surface area contributed by atoms with E-state index in [0.29, 0.717) is 22.5 Å². The molecule has 1 aromatic carbocycles. The molecule has 0 spiro atoms. The summed E-state index contributed by atoms with van der Waals surface area (Å²) in [5.41, 5.74) is 1.40. The lowest BCUT2D eigenvalue weighted by atomic mass is 10.1. The highest BCUT2D eigenvalue weighted by Gasteiger charge is 2.57. The van der Waals surface area contributed by atoms with E-state index >= 15 is 0 Å². The van der Waals surface area contributed by atoms with Gasteiger partial charge in [-0.3, -0.25) is 9.36 Å². The van der Waals surface area contributed by atoms with Gasteiger partial charge in [-0.05, 0) is 32.9 Å². The van der Waals surface area contributed by atoms with Crippen LogP contribution >= 0.6 is 0 Å². The first kappa shape index (κ1) is 20.0. The molecular formula is C21H23N5O5. The number of aliphatic hydroxyl groups is 1. The Hall–Kier alpha value is -2.92. The number of amides is 1. The number of ether oxygens (including phenoxy) is 3. The average Bonchev–Trinajstić information content (AvgIpc) is 3.39. The summed E-state index contributed by atoms with van der Waals surface area (Å²) in [6.45, 7) is 5.31. The summed E-state index contributed by atoms with van der Waals surface area (Å²) in [6, 6.07) is 8.85. The van der Waals surface area contributed by atoms with E-state index in [1.807, 2.05) is 19.9 Å². The maximum Gasteiger partial charge on any atom is 0.256 e. The van der Waals surface area contributed by atoms with Crippen molar-refractivity contribution >= 4 is 22.9 Å². The highest BCUT2D eigenvalue weighted by Crippen LogP contribution is 2.44. The number of benzene rings is 1. The van der Waals surface area contributed by atoms with Crippen LogP contribution in [0.25, 0.3) is 11.2 Å². The van der Waals surface area contributed by atoms with Crippen LogP contribution in [0, 0.1) is 0 Å². The molecule has 4 heterocycles. The topological polar surface area (TPSA) is 121 Å². The monoisotopic (exact) mass is 425 g/mol. The van der Waals surface area contributed by atoms with Crippen molar-refractivity contribution in [3.05, 3.63) is 48.5 Å². The first-order chi connectivity index (χ1) is 14.8. The second-order valence-corrected chi connectivity index (χ2v) is 8.16. The van der Waals surface area contributed by atoms with Gasteiger partial charge in [-0.2, -0.15) is 0 Å². The van der Waals surface area contributed by atoms with Crippen molar-refractivity contribution in [2.75, 3.05) is 5.32 Å².